The molecule has 3 N–H and O–H groups in total. The number of hydrogen-bond acceptors (Lipinski definition) is 5. The van der Waals surface area contributed by atoms with Gasteiger partial charge in [0, 0.05) is 37.6 Å². The summed E-state index contributed by atoms with van der Waals surface area (Å²) in [5.41, 5.74) is 7.24. The van der Waals surface area contributed by atoms with Gasteiger partial charge in [-0.25, -0.2) is 4.98 Å². The Labute approximate surface area is 141 Å². The first-order chi connectivity index (χ1) is 11.6. The molecule has 1 aliphatic rings. The van der Waals surface area contributed by atoms with Gasteiger partial charge in [-0.1, -0.05) is 18.2 Å². The second kappa shape index (κ2) is 6.75. The Bertz CT molecular complexity index is 735. The van der Waals surface area contributed by atoms with Gasteiger partial charge in [0.25, 0.3) is 0 Å². The Morgan fingerprint density at radius 3 is 2.79 bits per heavy atom. The van der Waals surface area contributed by atoms with Gasteiger partial charge in [-0.2, -0.15) is 0 Å². The fourth-order valence-corrected chi connectivity index (χ4v) is 3.24. The lowest BCUT2D eigenvalue weighted by molar-refractivity contribution is -0.145. The number of para-hydroxylation sites is 1. The summed E-state index contributed by atoms with van der Waals surface area (Å²) in [7, 11) is 3.24. The molecule has 2 aromatic rings. The number of carbonyl (C=O) groups is 1. The molecule has 0 atom stereocenters. The largest absolute Gasteiger partial charge is 0.481 e. The molecule has 0 radical (unpaired) electrons. The lowest BCUT2D eigenvalue weighted by Gasteiger charge is -2.44. The van der Waals surface area contributed by atoms with Crippen molar-refractivity contribution >= 4 is 16.8 Å². The van der Waals surface area contributed by atoms with E-state index in [1.54, 1.807) is 14.2 Å². The molecule has 0 spiro atoms. The zero-order valence-electron chi connectivity index (χ0n) is 14.0. The molecular weight excluding hydrogens is 306 g/mol. The Morgan fingerprint density at radius 2 is 2.12 bits per heavy atom. The van der Waals surface area contributed by atoms with E-state index in [-0.39, 0.29) is 17.4 Å². The van der Waals surface area contributed by atoms with Gasteiger partial charge in [-0.3, -0.25) is 4.79 Å². The number of benzene rings is 1. The summed E-state index contributed by atoms with van der Waals surface area (Å²) < 4.78 is 10.7. The number of ether oxygens (including phenoxy) is 2. The normalized spacial score (nSPS) is 22.9. The van der Waals surface area contributed by atoms with Crippen LogP contribution in [0.1, 0.15) is 18.4 Å². The summed E-state index contributed by atoms with van der Waals surface area (Å²) in [6.07, 6.45) is 1.35. The molecule has 1 amide bonds. The number of aromatic nitrogens is 1. The van der Waals surface area contributed by atoms with Gasteiger partial charge in [0.15, 0.2) is 0 Å². The second-order valence-corrected chi connectivity index (χ2v) is 6.26. The molecule has 24 heavy (non-hydrogen) atoms. The number of carbonyl (C=O) groups excluding carboxylic acids is 1. The van der Waals surface area contributed by atoms with E-state index in [4.69, 9.17) is 15.2 Å². The predicted molar refractivity (Wildman–Crippen MR) is 91.7 cm³/mol. The van der Waals surface area contributed by atoms with E-state index in [0.29, 0.717) is 31.8 Å². The van der Waals surface area contributed by atoms with Crippen LogP contribution in [0.25, 0.3) is 10.9 Å². The Morgan fingerprint density at radius 1 is 1.38 bits per heavy atom. The SMILES string of the molecule is COc1cc(CNC(=O)C2CC(CN)(OC)C2)c2ccccc2n1. The van der Waals surface area contributed by atoms with E-state index >= 15 is 0 Å². The molecule has 1 saturated carbocycles. The van der Waals surface area contributed by atoms with Crippen molar-refractivity contribution in [2.24, 2.45) is 11.7 Å². The van der Waals surface area contributed by atoms with Crippen LogP contribution in [0.5, 0.6) is 5.88 Å². The molecule has 1 heterocycles. The number of amides is 1. The summed E-state index contributed by atoms with van der Waals surface area (Å²) in [5, 5.41) is 4.03. The average molecular weight is 329 g/mol. The quantitative estimate of drug-likeness (QED) is 0.841. The third kappa shape index (κ3) is 3.07. The molecule has 1 aromatic heterocycles. The van der Waals surface area contributed by atoms with Crippen molar-refractivity contribution in [3.05, 3.63) is 35.9 Å². The summed E-state index contributed by atoms with van der Waals surface area (Å²) in [4.78, 5) is 16.8. The minimum absolute atomic E-state index is 0.0379. The summed E-state index contributed by atoms with van der Waals surface area (Å²) in [6, 6.07) is 9.69. The van der Waals surface area contributed by atoms with Crippen LogP contribution < -0.4 is 15.8 Å². The van der Waals surface area contributed by atoms with Crippen molar-refractivity contribution in [2.45, 2.75) is 25.0 Å². The monoisotopic (exact) mass is 329 g/mol. The minimum atomic E-state index is -0.325. The third-order valence-corrected chi connectivity index (χ3v) is 4.85. The number of hydrogen-bond donors (Lipinski definition) is 2. The maximum Gasteiger partial charge on any atom is 0.223 e. The van der Waals surface area contributed by atoms with Gasteiger partial charge >= 0.3 is 0 Å². The second-order valence-electron chi connectivity index (χ2n) is 6.26. The van der Waals surface area contributed by atoms with Gasteiger partial charge in [-0.05, 0) is 24.5 Å². The minimum Gasteiger partial charge on any atom is -0.481 e. The van der Waals surface area contributed by atoms with E-state index in [1.807, 2.05) is 30.3 Å². The van der Waals surface area contributed by atoms with Crippen LogP contribution in [0, 0.1) is 5.92 Å². The Balaban J connectivity index is 1.69. The highest BCUT2D eigenvalue weighted by Gasteiger charge is 2.46. The van der Waals surface area contributed by atoms with E-state index < -0.39 is 0 Å². The molecule has 0 unspecified atom stereocenters. The molecule has 0 bridgehead atoms. The van der Waals surface area contributed by atoms with Crippen molar-refractivity contribution < 1.29 is 14.3 Å². The third-order valence-electron chi connectivity index (χ3n) is 4.85. The molecule has 3 rings (SSSR count). The molecule has 6 heteroatoms. The van der Waals surface area contributed by atoms with Gasteiger partial charge < -0.3 is 20.5 Å². The topological polar surface area (TPSA) is 86.5 Å². The molecule has 128 valence electrons. The number of rotatable bonds is 6. The van der Waals surface area contributed by atoms with Crippen LogP contribution in [0.2, 0.25) is 0 Å². The molecule has 1 aliphatic carbocycles. The first-order valence-electron chi connectivity index (χ1n) is 8.06. The van der Waals surface area contributed by atoms with Gasteiger partial charge in [0.2, 0.25) is 11.8 Å². The maximum atomic E-state index is 12.4. The fraction of sp³-hybridized carbons (Fsp3) is 0.444. The fourth-order valence-electron chi connectivity index (χ4n) is 3.24. The highest BCUT2D eigenvalue weighted by molar-refractivity contribution is 5.84. The lowest BCUT2D eigenvalue weighted by atomic mass is 9.70. The number of nitrogens with one attached hydrogen (secondary N) is 1. The lowest BCUT2D eigenvalue weighted by Crippen LogP contribution is -2.55. The highest BCUT2D eigenvalue weighted by Crippen LogP contribution is 2.39. The number of nitrogens with zero attached hydrogens (tertiary/aromatic N) is 1. The molecule has 0 saturated heterocycles. The van der Waals surface area contributed by atoms with E-state index in [2.05, 4.69) is 10.3 Å². The number of nitrogens with two attached hydrogens (primary N) is 1. The zero-order chi connectivity index (χ0) is 17.2. The first kappa shape index (κ1) is 16.7. The van der Waals surface area contributed by atoms with Gasteiger partial charge in [0.05, 0.1) is 18.2 Å². The van der Waals surface area contributed by atoms with Gasteiger partial charge in [-0.15, -0.1) is 0 Å². The van der Waals surface area contributed by atoms with Crippen LogP contribution in [0.4, 0.5) is 0 Å². The zero-order valence-corrected chi connectivity index (χ0v) is 14.0. The standard InChI is InChI=1S/C18H23N3O3/c1-23-16-7-12(14-5-3-4-6-15(14)21-16)10-20-17(22)13-8-18(9-13,11-19)24-2/h3-7,13H,8-11,19H2,1-2H3,(H,20,22). The van der Waals surface area contributed by atoms with Crippen LogP contribution in [-0.4, -0.2) is 37.3 Å². The molecule has 0 aliphatic heterocycles. The Hall–Kier alpha value is -2.18. The molecule has 1 aromatic carbocycles. The highest BCUT2D eigenvalue weighted by atomic mass is 16.5. The number of methoxy groups -OCH3 is 2. The summed E-state index contributed by atoms with van der Waals surface area (Å²) in [6.45, 7) is 0.886. The van der Waals surface area contributed by atoms with E-state index in [1.165, 1.54) is 0 Å². The van der Waals surface area contributed by atoms with Gasteiger partial charge in [0.1, 0.15) is 0 Å². The van der Waals surface area contributed by atoms with Crippen LogP contribution in [0.3, 0.4) is 0 Å². The predicted octanol–water partition coefficient (Wildman–Crippen LogP) is 1.61. The van der Waals surface area contributed by atoms with Crippen molar-refractivity contribution in [1.29, 1.82) is 0 Å². The van der Waals surface area contributed by atoms with Crippen LogP contribution >= 0.6 is 0 Å². The average Bonchev–Trinajstić information content (AvgIpc) is 2.59. The smallest absolute Gasteiger partial charge is 0.223 e. The van der Waals surface area contributed by atoms with E-state index in [9.17, 15) is 4.79 Å². The van der Waals surface area contributed by atoms with Crippen LogP contribution in [0.15, 0.2) is 30.3 Å². The van der Waals surface area contributed by atoms with Crippen molar-refractivity contribution in [1.82, 2.24) is 10.3 Å². The molecule has 1 fully saturated rings. The number of fused-ring (bicyclic) bond motifs is 1. The Kier molecular flexibility index (Phi) is 4.69. The first-order valence-corrected chi connectivity index (χ1v) is 8.06. The molecule has 6 nitrogen and oxygen atoms in total. The molecular formula is C18H23N3O3. The summed E-state index contributed by atoms with van der Waals surface area (Å²) in [5.74, 6) is 0.544. The van der Waals surface area contributed by atoms with Crippen molar-refractivity contribution in [3.63, 3.8) is 0 Å². The summed E-state index contributed by atoms with van der Waals surface area (Å²) >= 11 is 0. The van der Waals surface area contributed by atoms with Crippen molar-refractivity contribution in [3.8, 4) is 5.88 Å². The number of pyridine rings is 1. The van der Waals surface area contributed by atoms with E-state index in [0.717, 1.165) is 16.5 Å². The maximum absolute atomic E-state index is 12.4. The van der Waals surface area contributed by atoms with Crippen LogP contribution in [-0.2, 0) is 16.1 Å². The van der Waals surface area contributed by atoms with Crippen molar-refractivity contribution in [2.75, 3.05) is 20.8 Å².